The van der Waals surface area contributed by atoms with Crippen molar-refractivity contribution in [2.75, 3.05) is 6.54 Å². The van der Waals surface area contributed by atoms with Gasteiger partial charge in [-0.05, 0) is 24.1 Å². The van der Waals surface area contributed by atoms with Crippen molar-refractivity contribution >= 4 is 17.6 Å². The van der Waals surface area contributed by atoms with Crippen LogP contribution in [-0.2, 0) is 6.42 Å². The van der Waals surface area contributed by atoms with Gasteiger partial charge in [0.15, 0.2) is 0 Å². The summed E-state index contributed by atoms with van der Waals surface area (Å²) in [4.78, 5) is 35.6. The van der Waals surface area contributed by atoms with E-state index in [1.54, 1.807) is 29.2 Å². The van der Waals surface area contributed by atoms with E-state index in [4.69, 9.17) is 11.6 Å². The standard InChI is InChI=1S/C13H11ClFN3O3/c14-9-3-1-8(2-4-9)5-6-16-12(20)18-7-10(15)11(19)17-13(18)21/h1-4,7H,5-6H2,(H,16,20)(H,17,19,21). The SMILES string of the molecule is O=C(NCCc1ccc(Cl)cc1)n1cc(F)c(=O)[nH]c1=O. The minimum atomic E-state index is -1.21. The lowest BCUT2D eigenvalue weighted by atomic mass is 10.1. The summed E-state index contributed by atoms with van der Waals surface area (Å²) in [5.74, 6) is -1.21. The Morgan fingerprint density at radius 1 is 1.29 bits per heavy atom. The third-order valence-corrected chi connectivity index (χ3v) is 2.97. The van der Waals surface area contributed by atoms with Crippen LogP contribution in [0, 0.1) is 5.82 Å². The Hall–Kier alpha value is -2.41. The Bertz CT molecular complexity index is 767. The van der Waals surface area contributed by atoms with E-state index in [0.717, 1.165) is 5.56 Å². The molecule has 1 aromatic carbocycles. The van der Waals surface area contributed by atoms with E-state index in [1.807, 2.05) is 0 Å². The van der Waals surface area contributed by atoms with Crippen molar-refractivity contribution < 1.29 is 9.18 Å². The van der Waals surface area contributed by atoms with Gasteiger partial charge in [-0.15, -0.1) is 0 Å². The molecule has 0 fully saturated rings. The molecule has 2 N–H and O–H groups in total. The second-order valence-corrected chi connectivity index (χ2v) is 4.65. The van der Waals surface area contributed by atoms with E-state index in [0.29, 0.717) is 22.2 Å². The quantitative estimate of drug-likeness (QED) is 0.891. The normalized spacial score (nSPS) is 10.4. The number of rotatable bonds is 3. The molecule has 0 bridgehead atoms. The average Bonchev–Trinajstić information content (AvgIpc) is 2.45. The molecule has 0 saturated heterocycles. The predicted molar refractivity (Wildman–Crippen MR) is 75.2 cm³/mol. The number of amides is 1. The Balaban J connectivity index is 1.99. The van der Waals surface area contributed by atoms with E-state index in [2.05, 4.69) is 5.32 Å². The van der Waals surface area contributed by atoms with E-state index in [-0.39, 0.29) is 6.54 Å². The van der Waals surface area contributed by atoms with E-state index >= 15 is 0 Å². The third kappa shape index (κ3) is 3.79. The molecule has 1 amide bonds. The van der Waals surface area contributed by atoms with E-state index in [9.17, 15) is 18.8 Å². The van der Waals surface area contributed by atoms with Crippen LogP contribution in [0.3, 0.4) is 0 Å². The lowest BCUT2D eigenvalue weighted by Gasteiger charge is -2.07. The van der Waals surface area contributed by atoms with Gasteiger partial charge in [0.1, 0.15) is 0 Å². The first-order valence-electron chi connectivity index (χ1n) is 6.01. The zero-order valence-corrected chi connectivity index (χ0v) is 11.5. The van der Waals surface area contributed by atoms with Crippen LogP contribution in [0.2, 0.25) is 5.02 Å². The van der Waals surface area contributed by atoms with Crippen LogP contribution in [0.4, 0.5) is 9.18 Å². The maximum absolute atomic E-state index is 13.0. The highest BCUT2D eigenvalue weighted by Gasteiger charge is 2.10. The molecular formula is C13H11ClFN3O3. The summed E-state index contributed by atoms with van der Waals surface area (Å²) in [6.07, 6.45) is 1.07. The minimum absolute atomic E-state index is 0.244. The highest BCUT2D eigenvalue weighted by Crippen LogP contribution is 2.09. The van der Waals surface area contributed by atoms with Crippen LogP contribution in [0.1, 0.15) is 5.56 Å². The number of hydrogen-bond donors (Lipinski definition) is 2. The van der Waals surface area contributed by atoms with Crippen molar-refractivity contribution in [1.29, 1.82) is 0 Å². The molecule has 1 aromatic heterocycles. The molecule has 2 rings (SSSR count). The van der Waals surface area contributed by atoms with Gasteiger partial charge in [0, 0.05) is 11.6 Å². The average molecular weight is 312 g/mol. The number of nitrogens with one attached hydrogen (secondary N) is 2. The highest BCUT2D eigenvalue weighted by atomic mass is 35.5. The molecule has 6 nitrogen and oxygen atoms in total. The molecule has 0 unspecified atom stereocenters. The molecule has 0 aliphatic heterocycles. The Morgan fingerprint density at radius 2 is 1.95 bits per heavy atom. The first kappa shape index (κ1) is 15.0. The molecular weight excluding hydrogens is 301 g/mol. The first-order valence-corrected chi connectivity index (χ1v) is 6.39. The van der Waals surface area contributed by atoms with Gasteiger partial charge in [0.2, 0.25) is 5.82 Å². The molecule has 2 aromatic rings. The molecule has 0 radical (unpaired) electrons. The van der Waals surface area contributed by atoms with Gasteiger partial charge >= 0.3 is 11.7 Å². The number of halogens is 2. The zero-order valence-electron chi connectivity index (χ0n) is 10.7. The lowest BCUT2D eigenvalue weighted by Crippen LogP contribution is -2.41. The Morgan fingerprint density at radius 3 is 2.62 bits per heavy atom. The maximum atomic E-state index is 13.0. The molecule has 0 saturated carbocycles. The summed E-state index contributed by atoms with van der Waals surface area (Å²) in [6, 6.07) is 6.24. The maximum Gasteiger partial charge on any atom is 0.336 e. The van der Waals surface area contributed by atoms with Crippen LogP contribution in [0.15, 0.2) is 40.1 Å². The summed E-state index contributed by atoms with van der Waals surface area (Å²) >= 11 is 5.75. The monoisotopic (exact) mass is 311 g/mol. The number of H-pyrrole nitrogens is 1. The summed E-state index contributed by atoms with van der Waals surface area (Å²) in [7, 11) is 0. The molecule has 0 aliphatic rings. The summed E-state index contributed by atoms with van der Waals surface area (Å²) in [6.45, 7) is 0.244. The first-order chi connectivity index (χ1) is 9.97. The van der Waals surface area contributed by atoms with Crippen molar-refractivity contribution in [3.8, 4) is 0 Å². The molecule has 1 heterocycles. The smallest absolute Gasteiger partial charge is 0.336 e. The number of hydrogen-bond acceptors (Lipinski definition) is 3. The second-order valence-electron chi connectivity index (χ2n) is 4.21. The number of carbonyl (C=O) groups is 1. The van der Waals surface area contributed by atoms with E-state index in [1.165, 1.54) is 0 Å². The molecule has 21 heavy (non-hydrogen) atoms. The van der Waals surface area contributed by atoms with E-state index < -0.39 is 23.1 Å². The summed E-state index contributed by atoms with van der Waals surface area (Å²) in [5, 5.41) is 3.06. The fourth-order valence-electron chi connectivity index (χ4n) is 1.65. The highest BCUT2D eigenvalue weighted by molar-refractivity contribution is 6.30. The van der Waals surface area contributed by atoms with Gasteiger partial charge in [-0.25, -0.2) is 14.2 Å². The van der Waals surface area contributed by atoms with Crippen LogP contribution < -0.4 is 16.6 Å². The molecule has 0 atom stereocenters. The number of benzene rings is 1. The molecule has 8 heteroatoms. The third-order valence-electron chi connectivity index (χ3n) is 2.72. The van der Waals surface area contributed by atoms with Gasteiger partial charge in [0.25, 0.3) is 5.56 Å². The number of aromatic amines is 1. The molecule has 0 aliphatic carbocycles. The van der Waals surface area contributed by atoms with Gasteiger partial charge in [-0.3, -0.25) is 9.78 Å². The van der Waals surface area contributed by atoms with Gasteiger partial charge in [-0.1, -0.05) is 23.7 Å². The van der Waals surface area contributed by atoms with Gasteiger partial charge < -0.3 is 5.32 Å². The van der Waals surface area contributed by atoms with Crippen molar-refractivity contribution in [2.45, 2.75) is 6.42 Å². The number of nitrogens with zero attached hydrogens (tertiary/aromatic N) is 1. The van der Waals surface area contributed by atoms with Gasteiger partial charge in [-0.2, -0.15) is 4.39 Å². The van der Waals surface area contributed by atoms with Crippen molar-refractivity contribution in [3.63, 3.8) is 0 Å². The fraction of sp³-hybridized carbons (Fsp3) is 0.154. The van der Waals surface area contributed by atoms with Crippen molar-refractivity contribution in [1.82, 2.24) is 14.9 Å². The van der Waals surface area contributed by atoms with Crippen LogP contribution in [0.25, 0.3) is 0 Å². The van der Waals surface area contributed by atoms with Crippen LogP contribution >= 0.6 is 11.6 Å². The van der Waals surface area contributed by atoms with Crippen molar-refractivity contribution in [2.24, 2.45) is 0 Å². The fourth-order valence-corrected chi connectivity index (χ4v) is 1.77. The van der Waals surface area contributed by atoms with Crippen molar-refractivity contribution in [3.05, 3.63) is 67.7 Å². The lowest BCUT2D eigenvalue weighted by molar-refractivity contribution is 0.241. The zero-order chi connectivity index (χ0) is 15.4. The summed E-state index contributed by atoms with van der Waals surface area (Å²) in [5.41, 5.74) is -1.21. The second kappa shape index (κ2) is 6.36. The minimum Gasteiger partial charge on any atom is -0.337 e. The predicted octanol–water partition coefficient (Wildman–Crippen LogP) is 1.13. The molecule has 110 valence electrons. The summed E-state index contributed by atoms with van der Waals surface area (Å²) < 4.78 is 13.5. The Kier molecular flexibility index (Phi) is 4.54. The molecule has 0 spiro atoms. The number of carbonyl (C=O) groups excluding carboxylic acids is 1. The largest absolute Gasteiger partial charge is 0.337 e. The van der Waals surface area contributed by atoms with Crippen LogP contribution in [-0.4, -0.2) is 22.1 Å². The number of aromatic nitrogens is 2. The topological polar surface area (TPSA) is 84.0 Å². The Labute approximate surface area is 123 Å². The van der Waals surface area contributed by atoms with Gasteiger partial charge in [0.05, 0.1) is 6.20 Å². The van der Waals surface area contributed by atoms with Crippen LogP contribution in [0.5, 0.6) is 0 Å².